The van der Waals surface area contributed by atoms with Gasteiger partial charge in [0.25, 0.3) is 5.91 Å². The average Bonchev–Trinajstić information content (AvgIpc) is 2.94. The quantitative estimate of drug-likeness (QED) is 0.220. The highest BCUT2D eigenvalue weighted by Crippen LogP contribution is 2.34. The molecule has 0 spiro atoms. The minimum Gasteiger partial charge on any atom is -0.469 e. The van der Waals surface area contributed by atoms with Crippen LogP contribution in [0.2, 0.25) is 0 Å². The number of likely N-dealkylation sites (tertiary alicyclic amines) is 1. The Hall–Kier alpha value is -1.94. The van der Waals surface area contributed by atoms with Crippen molar-refractivity contribution in [1.29, 1.82) is 0 Å². The Labute approximate surface area is 178 Å². The molecule has 0 aromatic rings. The number of hydrogen-bond acceptors (Lipinski definition) is 4. The largest absolute Gasteiger partial charge is 0.469 e. The molecule has 0 saturated carbocycles. The first kappa shape index (κ1) is 26.1. The van der Waals surface area contributed by atoms with E-state index in [9.17, 15) is 23.5 Å². The number of halogens is 2. The molecular weight excluding hydrogens is 392 g/mol. The lowest BCUT2D eigenvalue weighted by atomic mass is 9.99. The average molecular weight is 428 g/mol. The molecule has 1 N–H and O–H groups in total. The van der Waals surface area contributed by atoms with Gasteiger partial charge in [-0.15, -0.1) is 11.8 Å². The van der Waals surface area contributed by atoms with Crippen molar-refractivity contribution in [1.82, 2.24) is 4.90 Å². The van der Waals surface area contributed by atoms with E-state index in [2.05, 4.69) is 16.6 Å². The predicted molar refractivity (Wildman–Crippen MR) is 112 cm³/mol. The number of unbranched alkanes of at least 4 members (excludes halogenated alkanes) is 4. The number of carbonyl (C=O) groups is 2. The smallest absolute Gasteiger partial charge is 0.327 e. The van der Waals surface area contributed by atoms with Gasteiger partial charge in [0.2, 0.25) is 0 Å². The Morgan fingerprint density at radius 3 is 2.70 bits per heavy atom. The number of aliphatic hydroxyl groups is 1. The highest BCUT2D eigenvalue weighted by atomic mass is 19.3. The number of esters is 1. The third-order valence-electron chi connectivity index (χ3n) is 5.23. The first-order valence-corrected chi connectivity index (χ1v) is 10.8. The molecule has 1 amide bonds. The molecular formula is C23H35F2NO4. The molecule has 1 rings (SSSR count). The van der Waals surface area contributed by atoms with Crippen LogP contribution in [0, 0.1) is 17.8 Å². The van der Waals surface area contributed by atoms with Crippen molar-refractivity contribution in [2.75, 3.05) is 13.7 Å². The fourth-order valence-electron chi connectivity index (χ4n) is 3.27. The summed E-state index contributed by atoms with van der Waals surface area (Å²) >= 11 is 0. The third kappa shape index (κ3) is 8.83. The molecule has 0 aliphatic carbocycles. The summed E-state index contributed by atoms with van der Waals surface area (Å²) in [5.41, 5.74) is 0. The molecule has 0 bridgehead atoms. The fourth-order valence-corrected chi connectivity index (χ4v) is 3.27. The van der Waals surface area contributed by atoms with E-state index in [-0.39, 0.29) is 18.4 Å². The number of hydrogen-bond donors (Lipinski definition) is 1. The van der Waals surface area contributed by atoms with Gasteiger partial charge < -0.3 is 14.7 Å². The normalized spacial score (nSPS) is 20.1. The molecule has 1 heterocycles. The number of carbonyl (C=O) groups excluding carboxylic acids is 2. The lowest BCUT2D eigenvalue weighted by Crippen LogP contribution is -2.36. The van der Waals surface area contributed by atoms with Gasteiger partial charge in [0.15, 0.2) is 0 Å². The molecule has 1 saturated heterocycles. The molecule has 5 nitrogen and oxygen atoms in total. The highest BCUT2D eigenvalue weighted by molar-refractivity contribution is 5.86. The number of alkyl halides is 2. The summed E-state index contributed by atoms with van der Waals surface area (Å²) in [6.07, 6.45) is 7.08. The van der Waals surface area contributed by atoms with E-state index >= 15 is 0 Å². The van der Waals surface area contributed by atoms with Gasteiger partial charge in [-0.1, -0.05) is 38.8 Å². The minimum atomic E-state index is -3.37. The van der Waals surface area contributed by atoms with Crippen molar-refractivity contribution in [2.45, 2.75) is 89.7 Å². The molecule has 1 fully saturated rings. The van der Waals surface area contributed by atoms with Crippen LogP contribution >= 0.6 is 0 Å². The van der Waals surface area contributed by atoms with Crippen LogP contribution in [-0.2, 0) is 14.3 Å². The summed E-state index contributed by atoms with van der Waals surface area (Å²) in [4.78, 5) is 24.4. The zero-order valence-electron chi connectivity index (χ0n) is 18.3. The molecule has 3 atom stereocenters. The fraction of sp³-hybridized carbons (Fsp3) is 0.739. The van der Waals surface area contributed by atoms with Gasteiger partial charge in [0.1, 0.15) is 0 Å². The number of rotatable bonds is 12. The Kier molecular flexibility index (Phi) is 11.6. The van der Waals surface area contributed by atoms with E-state index < -0.39 is 30.4 Å². The summed E-state index contributed by atoms with van der Waals surface area (Å²) in [5, 5.41) is 10.3. The topological polar surface area (TPSA) is 66.8 Å². The number of methoxy groups -OCH3 is 1. The van der Waals surface area contributed by atoms with Crippen LogP contribution in [0.1, 0.15) is 71.6 Å². The monoisotopic (exact) mass is 427 g/mol. The molecule has 0 aromatic heterocycles. The maximum atomic E-state index is 14.0. The van der Waals surface area contributed by atoms with Gasteiger partial charge in [0.05, 0.1) is 19.3 Å². The Morgan fingerprint density at radius 1 is 1.33 bits per heavy atom. The van der Waals surface area contributed by atoms with Crippen LogP contribution in [0.25, 0.3) is 0 Å². The first-order valence-electron chi connectivity index (χ1n) is 10.8. The van der Waals surface area contributed by atoms with Gasteiger partial charge in [-0.25, -0.2) is 0 Å². The Morgan fingerprint density at radius 2 is 2.03 bits per heavy atom. The maximum Gasteiger partial charge on any atom is 0.327 e. The number of amides is 1. The van der Waals surface area contributed by atoms with Gasteiger partial charge in [-0.05, 0) is 25.2 Å². The van der Waals surface area contributed by atoms with E-state index in [0.717, 1.165) is 25.7 Å². The van der Waals surface area contributed by atoms with Gasteiger partial charge in [-0.2, -0.15) is 8.78 Å². The molecule has 0 radical (unpaired) electrons. The second kappa shape index (κ2) is 13.4. The SMILES string of the molecule is CCCC#CCC(C)C(O)C=C[C@H]1CC(F)(F)C(=O)N1CCCCCCC(=O)OC. The van der Waals surface area contributed by atoms with Crippen molar-refractivity contribution in [3.8, 4) is 11.8 Å². The third-order valence-corrected chi connectivity index (χ3v) is 5.23. The number of ether oxygens (including phenoxy) is 1. The first-order chi connectivity index (χ1) is 14.2. The Bertz CT molecular complexity index is 639. The van der Waals surface area contributed by atoms with Crippen LogP contribution in [-0.4, -0.2) is 53.6 Å². The lowest BCUT2D eigenvalue weighted by molar-refractivity contribution is -0.148. The van der Waals surface area contributed by atoms with E-state index in [1.54, 1.807) is 0 Å². The van der Waals surface area contributed by atoms with Crippen molar-refractivity contribution in [3.63, 3.8) is 0 Å². The second-order valence-corrected chi connectivity index (χ2v) is 7.88. The summed E-state index contributed by atoms with van der Waals surface area (Å²) in [7, 11) is 1.34. The van der Waals surface area contributed by atoms with Crippen molar-refractivity contribution < 1.29 is 28.2 Å². The van der Waals surface area contributed by atoms with Gasteiger partial charge in [0, 0.05) is 32.2 Å². The second-order valence-electron chi connectivity index (χ2n) is 7.88. The molecule has 170 valence electrons. The van der Waals surface area contributed by atoms with Gasteiger partial charge >= 0.3 is 11.9 Å². The van der Waals surface area contributed by atoms with E-state index in [1.165, 1.54) is 24.2 Å². The van der Waals surface area contributed by atoms with Crippen LogP contribution in [0.4, 0.5) is 8.78 Å². The zero-order valence-corrected chi connectivity index (χ0v) is 18.3. The van der Waals surface area contributed by atoms with E-state index in [0.29, 0.717) is 25.7 Å². The lowest BCUT2D eigenvalue weighted by Gasteiger charge is -2.22. The summed E-state index contributed by atoms with van der Waals surface area (Å²) in [6.45, 7) is 4.13. The predicted octanol–water partition coefficient (Wildman–Crippen LogP) is 4.09. The van der Waals surface area contributed by atoms with Crippen LogP contribution < -0.4 is 0 Å². The van der Waals surface area contributed by atoms with Crippen molar-refractivity contribution in [3.05, 3.63) is 12.2 Å². The summed E-state index contributed by atoms with van der Waals surface area (Å²) < 4.78 is 32.5. The van der Waals surface area contributed by atoms with Crippen molar-refractivity contribution in [2.24, 2.45) is 5.92 Å². The molecule has 0 aromatic carbocycles. The highest BCUT2D eigenvalue weighted by Gasteiger charge is 2.52. The number of aliphatic hydroxyl groups excluding tert-OH is 1. The molecule has 2 unspecified atom stereocenters. The van der Waals surface area contributed by atoms with Crippen LogP contribution in [0.3, 0.4) is 0 Å². The molecule has 7 heteroatoms. The van der Waals surface area contributed by atoms with E-state index in [4.69, 9.17) is 0 Å². The minimum absolute atomic E-state index is 0.119. The molecule has 1 aliphatic rings. The molecule has 1 aliphatic heterocycles. The van der Waals surface area contributed by atoms with Crippen molar-refractivity contribution >= 4 is 11.9 Å². The van der Waals surface area contributed by atoms with Crippen LogP contribution in [0.5, 0.6) is 0 Å². The zero-order chi connectivity index (χ0) is 22.6. The maximum absolute atomic E-state index is 14.0. The summed E-state index contributed by atoms with van der Waals surface area (Å²) in [6, 6.07) is -0.726. The van der Waals surface area contributed by atoms with Gasteiger partial charge in [-0.3, -0.25) is 9.59 Å². The number of nitrogens with zero attached hydrogens (tertiary/aromatic N) is 1. The standard InChI is InChI=1S/C23H35F2NO4/c1-4-5-6-9-12-18(2)20(27)15-14-19-17-23(24,25)22(29)26(19)16-11-8-7-10-13-21(28)30-3/h14-15,18-20,27H,4-5,7-8,10-13,16-17H2,1-3H3/t18?,19-,20?/m0/s1. The van der Waals surface area contributed by atoms with Crippen LogP contribution in [0.15, 0.2) is 12.2 Å². The Balaban J connectivity index is 2.55. The molecule has 30 heavy (non-hydrogen) atoms. The van der Waals surface area contributed by atoms with E-state index in [1.807, 2.05) is 13.8 Å². The summed E-state index contributed by atoms with van der Waals surface area (Å²) in [5.74, 6) is 1.14.